The van der Waals surface area contributed by atoms with Gasteiger partial charge in [-0.1, -0.05) is 479 Å². The lowest BCUT2D eigenvalue weighted by Gasteiger charge is -2.21. The SMILES string of the molecule is c1ccc(-c2ccccc2-c2c3ccccc3c(-c3ccc(-c4ccccc4)c4oc5ccccc5c34)c3ccccc23)cc1.c1ccc(-c2ccccc2-c2c3ccccc3c(-c3cccc4oc5c(-c6ccccc6)cccc5c34)c3ccccc23)cc1.c1ccc2c(-c3cc4oc5ccccc5c4cc3-c3c4ccccc4c(-c4cc5ccccc5c5ccccc45)c4ccccc34)cccc2c1. The van der Waals surface area contributed by atoms with Gasteiger partial charge in [-0.05, 0) is 251 Å². The molecule has 29 aromatic rings. The third-order valence-electron chi connectivity index (χ3n) is 29.0. The molecular weight excluding hydrogens is 1710 g/mol. The number of para-hydroxylation sites is 3. The van der Waals surface area contributed by atoms with Crippen LogP contribution in [0.4, 0.5) is 0 Å². The lowest BCUT2D eigenvalue weighted by atomic mass is 9.81. The Morgan fingerprint density at radius 3 is 0.908 bits per heavy atom. The van der Waals surface area contributed by atoms with E-state index in [9.17, 15) is 0 Å². The zero-order chi connectivity index (χ0) is 93.0. The summed E-state index contributed by atoms with van der Waals surface area (Å²) in [4.78, 5) is 0. The monoisotopic (exact) mass is 1790 g/mol. The summed E-state index contributed by atoms with van der Waals surface area (Å²) in [5.74, 6) is 0. The Kier molecular flexibility index (Phi) is 20.0. The van der Waals surface area contributed by atoms with E-state index < -0.39 is 0 Å². The molecule has 0 unspecified atom stereocenters. The van der Waals surface area contributed by atoms with Crippen LogP contribution in [0.3, 0.4) is 0 Å². The average molecular weight is 1790 g/mol. The molecule has 0 fully saturated rings. The van der Waals surface area contributed by atoms with Gasteiger partial charge in [-0.3, -0.25) is 0 Å². The van der Waals surface area contributed by atoms with Gasteiger partial charge in [0.1, 0.15) is 33.5 Å². The summed E-state index contributed by atoms with van der Waals surface area (Å²) < 4.78 is 19.9. The Morgan fingerprint density at radius 2 is 0.404 bits per heavy atom. The minimum absolute atomic E-state index is 0.899. The molecule has 0 aliphatic rings. The number of furan rings is 3. The van der Waals surface area contributed by atoms with Crippen LogP contribution in [-0.4, -0.2) is 0 Å². The first-order valence-corrected chi connectivity index (χ1v) is 48.5. The van der Waals surface area contributed by atoms with Crippen molar-refractivity contribution in [3.05, 3.63) is 522 Å². The lowest BCUT2D eigenvalue weighted by Crippen LogP contribution is -1.94. The van der Waals surface area contributed by atoms with Gasteiger partial charge in [0.05, 0.1) is 0 Å². The van der Waals surface area contributed by atoms with Crippen molar-refractivity contribution in [2.24, 2.45) is 0 Å². The van der Waals surface area contributed by atoms with Crippen LogP contribution < -0.4 is 0 Å². The molecule has 0 spiro atoms. The van der Waals surface area contributed by atoms with Crippen molar-refractivity contribution in [2.45, 2.75) is 0 Å². The van der Waals surface area contributed by atoms with E-state index in [1.807, 2.05) is 6.07 Å². The fourth-order valence-electron chi connectivity index (χ4n) is 23.0. The molecule has 0 amide bonds. The molecular formula is C138H86O3. The van der Waals surface area contributed by atoms with Gasteiger partial charge in [0.2, 0.25) is 0 Å². The molecule has 0 atom stereocenters. The summed E-state index contributed by atoms with van der Waals surface area (Å²) in [6.07, 6.45) is 0. The van der Waals surface area contributed by atoms with Crippen molar-refractivity contribution in [2.75, 3.05) is 0 Å². The maximum absolute atomic E-state index is 6.68. The van der Waals surface area contributed by atoms with E-state index in [0.717, 1.165) is 93.6 Å². The predicted molar refractivity (Wildman–Crippen MR) is 599 cm³/mol. The smallest absolute Gasteiger partial charge is 0.143 e. The van der Waals surface area contributed by atoms with Crippen molar-refractivity contribution in [1.82, 2.24) is 0 Å². The Hall–Kier alpha value is -18.5. The molecule has 3 heterocycles. The molecule has 0 saturated carbocycles. The molecule has 29 rings (SSSR count). The van der Waals surface area contributed by atoms with Gasteiger partial charge in [0, 0.05) is 43.4 Å². The van der Waals surface area contributed by atoms with E-state index in [0.29, 0.717) is 0 Å². The zero-order valence-electron chi connectivity index (χ0n) is 76.9. The molecule has 0 radical (unpaired) electrons. The van der Waals surface area contributed by atoms with Gasteiger partial charge in [0.25, 0.3) is 0 Å². The highest BCUT2D eigenvalue weighted by Crippen LogP contribution is 2.56. The van der Waals surface area contributed by atoms with Crippen molar-refractivity contribution in [3.63, 3.8) is 0 Å². The molecule has 0 aliphatic heterocycles. The van der Waals surface area contributed by atoms with Gasteiger partial charge < -0.3 is 13.3 Å². The van der Waals surface area contributed by atoms with Crippen LogP contribution in [0.1, 0.15) is 0 Å². The summed E-state index contributed by atoms with van der Waals surface area (Å²) in [5, 5.41) is 29.2. The van der Waals surface area contributed by atoms with Gasteiger partial charge in [-0.2, -0.15) is 0 Å². The van der Waals surface area contributed by atoms with Crippen LogP contribution in [0.15, 0.2) is 535 Å². The number of hydrogen-bond donors (Lipinski definition) is 0. The van der Waals surface area contributed by atoms with Crippen LogP contribution in [-0.2, 0) is 0 Å². The standard InChI is InChI=1S/C50H30O.2C44H28O/c1-3-17-33-31(14-1)16-13-26-36(33)43-30-48-44(38-21-11-12-27-47(38)51-48)29-46(43)50-41-24-9-7-22-39(41)49(40-23-8-10-25-42(40)50)45-28-32-15-2-4-18-34(32)35-19-5-6-20-37(35)45;1-3-15-29(16-4-1)31-19-7-8-20-33(31)41-34-21-9-11-23-36(34)42(37-24-12-10-22-35(37)41)38-26-14-28-40-43(38)39-27-13-25-32(44(39)45-40)30-17-5-2-6-18-30;1-3-15-29(16-4-1)31-19-7-8-20-33(31)41-34-21-9-11-23-36(34)42(37-24-12-10-22-35(37)41)39-28-27-32(30-17-5-2-6-18-30)44-43(39)38-25-13-14-26-40(38)45-44/h1-30H;2*1-28H. The van der Waals surface area contributed by atoms with Crippen LogP contribution in [0.25, 0.3) is 285 Å². The third-order valence-corrected chi connectivity index (χ3v) is 29.0. The average Bonchev–Trinajstić information content (AvgIpc) is 1.66. The molecule has 3 heteroatoms. The number of hydrogen-bond acceptors (Lipinski definition) is 3. The molecule has 3 aromatic heterocycles. The summed E-state index contributed by atoms with van der Waals surface area (Å²) in [6, 6.07) is 188. The van der Waals surface area contributed by atoms with Crippen molar-refractivity contribution >= 4 is 163 Å². The van der Waals surface area contributed by atoms with Gasteiger partial charge in [-0.25, -0.2) is 0 Å². The number of rotatable bonds is 11. The highest BCUT2D eigenvalue weighted by molar-refractivity contribution is 6.32. The second kappa shape index (κ2) is 34.4. The third kappa shape index (κ3) is 13.7. The first-order chi connectivity index (χ1) is 70.0. The molecule has 3 nitrogen and oxygen atoms in total. The number of benzene rings is 26. The Balaban J connectivity index is 0.000000106. The van der Waals surface area contributed by atoms with Crippen LogP contribution >= 0.6 is 0 Å². The highest BCUT2D eigenvalue weighted by atomic mass is 16.3. The van der Waals surface area contributed by atoms with Crippen molar-refractivity contribution in [3.8, 4) is 122 Å². The van der Waals surface area contributed by atoms with E-state index in [1.54, 1.807) is 0 Å². The molecule has 0 saturated heterocycles. The van der Waals surface area contributed by atoms with E-state index in [-0.39, 0.29) is 0 Å². The molecule has 0 aliphatic carbocycles. The summed E-state index contributed by atoms with van der Waals surface area (Å²) in [5.41, 5.74) is 32.0. The first kappa shape index (κ1) is 82.0. The fourth-order valence-corrected chi connectivity index (χ4v) is 23.0. The van der Waals surface area contributed by atoms with Crippen LogP contribution in [0.5, 0.6) is 0 Å². The first-order valence-electron chi connectivity index (χ1n) is 48.5. The topological polar surface area (TPSA) is 39.4 Å². The van der Waals surface area contributed by atoms with Gasteiger partial charge in [0.15, 0.2) is 0 Å². The maximum atomic E-state index is 6.68. The second-order valence-electron chi connectivity index (χ2n) is 36.7. The zero-order valence-corrected chi connectivity index (χ0v) is 76.9. The van der Waals surface area contributed by atoms with Crippen molar-refractivity contribution < 1.29 is 13.3 Å². The van der Waals surface area contributed by atoms with Gasteiger partial charge >= 0.3 is 0 Å². The Morgan fingerprint density at radius 1 is 0.106 bits per heavy atom. The normalized spacial score (nSPS) is 11.7. The molecule has 0 bridgehead atoms. The van der Waals surface area contributed by atoms with Crippen LogP contribution in [0.2, 0.25) is 0 Å². The van der Waals surface area contributed by atoms with E-state index >= 15 is 0 Å². The predicted octanol–water partition coefficient (Wildman–Crippen LogP) is 39.5. The van der Waals surface area contributed by atoms with Crippen molar-refractivity contribution in [1.29, 1.82) is 0 Å². The van der Waals surface area contributed by atoms with E-state index in [2.05, 4.69) is 516 Å². The molecule has 656 valence electrons. The number of fused-ring (bicyclic) bond motifs is 19. The van der Waals surface area contributed by atoms with E-state index in [4.69, 9.17) is 13.3 Å². The summed E-state index contributed by atoms with van der Waals surface area (Å²) in [6.45, 7) is 0. The summed E-state index contributed by atoms with van der Waals surface area (Å²) >= 11 is 0. The largest absolute Gasteiger partial charge is 0.456 e. The quantitative estimate of drug-likeness (QED) is 0.0957. The minimum Gasteiger partial charge on any atom is -0.456 e. The minimum atomic E-state index is 0.899. The van der Waals surface area contributed by atoms with E-state index in [1.165, 1.54) is 192 Å². The Bertz CT molecular complexity index is 9880. The van der Waals surface area contributed by atoms with Gasteiger partial charge in [-0.15, -0.1) is 0 Å². The summed E-state index contributed by atoms with van der Waals surface area (Å²) in [7, 11) is 0. The molecule has 0 N–H and O–H groups in total. The molecule has 26 aromatic carbocycles. The Labute approximate surface area is 814 Å². The maximum Gasteiger partial charge on any atom is 0.143 e. The second-order valence-corrected chi connectivity index (χ2v) is 36.7. The van der Waals surface area contributed by atoms with Crippen LogP contribution in [0, 0.1) is 0 Å². The molecule has 141 heavy (non-hydrogen) atoms. The highest BCUT2D eigenvalue weighted by Gasteiger charge is 2.29. The fraction of sp³-hybridized carbons (Fsp3) is 0. The lowest BCUT2D eigenvalue weighted by molar-refractivity contribution is 0.669.